The van der Waals surface area contributed by atoms with Crippen LogP contribution in [0.25, 0.3) is 0 Å². The van der Waals surface area contributed by atoms with Crippen molar-refractivity contribution in [2.45, 2.75) is 72.8 Å². The van der Waals surface area contributed by atoms with Crippen LogP contribution in [0.4, 0.5) is 0 Å². The van der Waals surface area contributed by atoms with Gasteiger partial charge in [-0.3, -0.25) is 0 Å². The number of hydrogen-bond acceptors (Lipinski definition) is 1. The van der Waals surface area contributed by atoms with Crippen LogP contribution in [-0.2, 0) is 0 Å². The largest absolute Gasteiger partial charge is 0.393 e. The monoisotopic (exact) mass is 212 g/mol. The molecule has 1 N–H and O–H groups in total. The van der Waals surface area contributed by atoms with E-state index in [-0.39, 0.29) is 6.10 Å². The number of aliphatic hydroxyl groups is 1. The van der Waals surface area contributed by atoms with Crippen LogP contribution in [-0.4, -0.2) is 11.2 Å². The first-order valence-corrected chi connectivity index (χ1v) is 6.47. The highest BCUT2D eigenvalue weighted by Crippen LogP contribution is 2.55. The van der Waals surface area contributed by atoms with Gasteiger partial charge < -0.3 is 5.11 Å². The van der Waals surface area contributed by atoms with Crippen LogP contribution in [0.15, 0.2) is 0 Å². The number of rotatable bonds is 4. The summed E-state index contributed by atoms with van der Waals surface area (Å²) < 4.78 is 0. The molecular weight excluding hydrogens is 184 g/mol. The molecule has 0 amide bonds. The second-order valence-electron chi connectivity index (χ2n) is 6.55. The fraction of sp³-hybridized carbons (Fsp3) is 1.00. The second kappa shape index (κ2) is 4.45. The lowest BCUT2D eigenvalue weighted by atomic mass is 9.66. The topological polar surface area (TPSA) is 20.2 Å². The Kier molecular flexibility index (Phi) is 3.86. The Morgan fingerprint density at radius 1 is 1.13 bits per heavy atom. The van der Waals surface area contributed by atoms with Crippen molar-refractivity contribution >= 4 is 0 Å². The molecule has 1 saturated carbocycles. The predicted octanol–water partition coefficient (Wildman–Crippen LogP) is 4.00. The van der Waals surface area contributed by atoms with E-state index < -0.39 is 0 Å². The SMILES string of the molecule is CC(CCC1(C)CCCC1(C)C)[C@@H](C)O. The van der Waals surface area contributed by atoms with Crippen molar-refractivity contribution < 1.29 is 5.11 Å². The summed E-state index contributed by atoms with van der Waals surface area (Å²) in [6.07, 6.45) is 6.40. The zero-order valence-corrected chi connectivity index (χ0v) is 11.1. The molecule has 1 heteroatoms. The molecule has 0 aromatic rings. The lowest BCUT2D eigenvalue weighted by molar-refractivity contribution is 0.0816. The van der Waals surface area contributed by atoms with Crippen LogP contribution < -0.4 is 0 Å². The molecule has 1 fully saturated rings. The Bertz CT molecular complexity index is 207. The van der Waals surface area contributed by atoms with Crippen molar-refractivity contribution in [3.8, 4) is 0 Å². The van der Waals surface area contributed by atoms with Crippen LogP contribution in [0.5, 0.6) is 0 Å². The van der Waals surface area contributed by atoms with Gasteiger partial charge in [0.25, 0.3) is 0 Å². The first-order chi connectivity index (χ1) is 6.78. The van der Waals surface area contributed by atoms with Crippen LogP contribution >= 0.6 is 0 Å². The molecule has 0 saturated heterocycles. The molecule has 2 unspecified atom stereocenters. The van der Waals surface area contributed by atoms with E-state index in [9.17, 15) is 5.11 Å². The molecule has 1 aliphatic carbocycles. The lowest BCUT2D eigenvalue weighted by Crippen LogP contribution is -2.30. The van der Waals surface area contributed by atoms with Crippen LogP contribution in [0.3, 0.4) is 0 Å². The minimum Gasteiger partial charge on any atom is -0.393 e. The minimum atomic E-state index is -0.155. The van der Waals surface area contributed by atoms with Crippen molar-refractivity contribution in [3.05, 3.63) is 0 Å². The molecule has 90 valence electrons. The van der Waals surface area contributed by atoms with Gasteiger partial charge in [0.1, 0.15) is 0 Å². The van der Waals surface area contributed by atoms with Crippen molar-refractivity contribution in [2.24, 2.45) is 16.7 Å². The molecule has 15 heavy (non-hydrogen) atoms. The highest BCUT2D eigenvalue weighted by atomic mass is 16.3. The van der Waals surface area contributed by atoms with Gasteiger partial charge in [-0.2, -0.15) is 0 Å². The maximum absolute atomic E-state index is 9.51. The van der Waals surface area contributed by atoms with Gasteiger partial charge >= 0.3 is 0 Å². The van der Waals surface area contributed by atoms with Crippen LogP contribution in [0.2, 0.25) is 0 Å². The third kappa shape index (κ3) is 2.75. The molecule has 0 heterocycles. The molecule has 0 spiro atoms. The van der Waals surface area contributed by atoms with Gasteiger partial charge in [0.15, 0.2) is 0 Å². The summed E-state index contributed by atoms with van der Waals surface area (Å²) in [4.78, 5) is 0. The first kappa shape index (κ1) is 13.0. The smallest absolute Gasteiger partial charge is 0.0537 e. The molecule has 1 aliphatic rings. The third-order valence-electron chi connectivity index (χ3n) is 5.14. The maximum atomic E-state index is 9.51. The molecule has 1 rings (SSSR count). The summed E-state index contributed by atoms with van der Waals surface area (Å²) >= 11 is 0. The van der Waals surface area contributed by atoms with E-state index in [0.29, 0.717) is 16.7 Å². The van der Waals surface area contributed by atoms with Crippen molar-refractivity contribution in [2.75, 3.05) is 0 Å². The summed E-state index contributed by atoms with van der Waals surface area (Å²) in [6.45, 7) is 11.3. The Morgan fingerprint density at radius 2 is 1.73 bits per heavy atom. The molecule has 0 radical (unpaired) electrons. The summed E-state index contributed by atoms with van der Waals surface area (Å²) in [7, 11) is 0. The summed E-state index contributed by atoms with van der Waals surface area (Å²) in [5.74, 6) is 0.443. The molecule has 0 bridgehead atoms. The van der Waals surface area contributed by atoms with Gasteiger partial charge in [-0.1, -0.05) is 34.1 Å². The molecular formula is C14H28O. The second-order valence-corrected chi connectivity index (χ2v) is 6.55. The van der Waals surface area contributed by atoms with Crippen LogP contribution in [0.1, 0.15) is 66.7 Å². The normalized spacial score (nSPS) is 34.0. The quantitative estimate of drug-likeness (QED) is 0.747. The van der Waals surface area contributed by atoms with Crippen molar-refractivity contribution in [3.63, 3.8) is 0 Å². The Hall–Kier alpha value is -0.0400. The average Bonchev–Trinajstić information content (AvgIpc) is 2.38. The van der Waals surface area contributed by atoms with Gasteiger partial charge in [-0.25, -0.2) is 0 Å². The van der Waals surface area contributed by atoms with Gasteiger partial charge in [-0.15, -0.1) is 0 Å². The minimum absolute atomic E-state index is 0.155. The zero-order valence-electron chi connectivity index (χ0n) is 11.1. The van der Waals surface area contributed by atoms with E-state index in [2.05, 4.69) is 27.7 Å². The van der Waals surface area contributed by atoms with E-state index in [4.69, 9.17) is 0 Å². The number of hydrogen-bond donors (Lipinski definition) is 1. The van der Waals surface area contributed by atoms with E-state index in [1.165, 1.54) is 25.7 Å². The Balaban J connectivity index is 2.50. The van der Waals surface area contributed by atoms with E-state index >= 15 is 0 Å². The van der Waals surface area contributed by atoms with Crippen molar-refractivity contribution in [1.82, 2.24) is 0 Å². The van der Waals surface area contributed by atoms with Gasteiger partial charge in [0.2, 0.25) is 0 Å². The Morgan fingerprint density at radius 3 is 2.13 bits per heavy atom. The molecule has 0 aliphatic heterocycles. The molecule has 3 atom stereocenters. The van der Waals surface area contributed by atoms with Gasteiger partial charge in [0, 0.05) is 0 Å². The summed E-state index contributed by atoms with van der Waals surface area (Å²) in [6, 6.07) is 0. The van der Waals surface area contributed by atoms with E-state index in [1.54, 1.807) is 0 Å². The van der Waals surface area contributed by atoms with Crippen LogP contribution in [0, 0.1) is 16.7 Å². The highest BCUT2D eigenvalue weighted by Gasteiger charge is 2.44. The average molecular weight is 212 g/mol. The molecule has 0 aromatic carbocycles. The number of aliphatic hydroxyl groups excluding tert-OH is 1. The standard InChI is InChI=1S/C14H28O/c1-11(12(2)15)7-10-14(5)9-6-8-13(14,3)4/h11-12,15H,6-10H2,1-5H3/t11?,12-,14?/m1/s1. The van der Waals surface area contributed by atoms with E-state index in [1.807, 2.05) is 6.92 Å². The van der Waals surface area contributed by atoms with Gasteiger partial charge in [0.05, 0.1) is 6.10 Å². The van der Waals surface area contributed by atoms with Gasteiger partial charge in [-0.05, 0) is 49.4 Å². The predicted molar refractivity (Wildman–Crippen MR) is 65.8 cm³/mol. The summed E-state index contributed by atoms with van der Waals surface area (Å²) in [5.41, 5.74) is 0.988. The maximum Gasteiger partial charge on any atom is 0.0537 e. The molecule has 1 nitrogen and oxygen atoms in total. The third-order valence-corrected chi connectivity index (χ3v) is 5.14. The fourth-order valence-corrected chi connectivity index (χ4v) is 2.81. The fourth-order valence-electron chi connectivity index (χ4n) is 2.81. The highest BCUT2D eigenvalue weighted by molar-refractivity contribution is 4.95. The Labute approximate surface area is 95.3 Å². The molecule has 0 aromatic heterocycles. The lowest BCUT2D eigenvalue weighted by Gasteiger charge is -2.39. The first-order valence-electron chi connectivity index (χ1n) is 6.47. The zero-order chi connectivity index (χ0) is 11.7. The summed E-state index contributed by atoms with van der Waals surface area (Å²) in [5, 5.41) is 9.51. The van der Waals surface area contributed by atoms with Crippen molar-refractivity contribution in [1.29, 1.82) is 0 Å². The van der Waals surface area contributed by atoms with E-state index in [0.717, 1.165) is 6.42 Å².